The molecule has 120 valence electrons. The zero-order valence-corrected chi connectivity index (χ0v) is 12.7. The molecule has 0 fully saturated rings. The molecule has 3 rings (SSSR count). The summed E-state index contributed by atoms with van der Waals surface area (Å²) in [5, 5.41) is 0. The van der Waals surface area contributed by atoms with Crippen molar-refractivity contribution in [3.8, 4) is 0 Å². The van der Waals surface area contributed by atoms with Gasteiger partial charge >= 0.3 is 0 Å². The first-order valence-corrected chi connectivity index (χ1v) is 8.25. The highest BCUT2D eigenvalue weighted by Crippen LogP contribution is 2.26. The number of benzene rings is 1. The fourth-order valence-electron chi connectivity index (χ4n) is 2.42. The minimum absolute atomic E-state index is 0.319. The predicted molar refractivity (Wildman–Crippen MR) is 81.4 cm³/mol. The van der Waals surface area contributed by atoms with Crippen molar-refractivity contribution in [1.29, 1.82) is 0 Å². The van der Waals surface area contributed by atoms with E-state index >= 15 is 0 Å². The lowest BCUT2D eigenvalue weighted by Gasteiger charge is -2.08. The number of halogens is 2. The molecule has 2 aromatic heterocycles. The molecule has 2 N–H and O–H groups in total. The largest absolute Gasteiger partial charge is 0.330 e. The van der Waals surface area contributed by atoms with Crippen LogP contribution in [0.2, 0.25) is 0 Å². The molecule has 23 heavy (non-hydrogen) atoms. The van der Waals surface area contributed by atoms with Gasteiger partial charge in [-0.25, -0.2) is 21.2 Å². The van der Waals surface area contributed by atoms with E-state index < -0.39 is 26.6 Å². The molecule has 2 heterocycles. The Hall–Kier alpha value is -2.32. The Morgan fingerprint density at radius 3 is 2.70 bits per heavy atom. The van der Waals surface area contributed by atoms with Gasteiger partial charge in [0.15, 0.2) is 0 Å². The second-order valence-electron chi connectivity index (χ2n) is 4.94. The lowest BCUT2D eigenvalue weighted by Crippen LogP contribution is -2.14. The molecule has 0 unspecified atom stereocenters. The molecular weight excluding hydrogens is 324 g/mol. The van der Waals surface area contributed by atoms with Crippen LogP contribution < -0.4 is 5.73 Å². The van der Waals surface area contributed by atoms with E-state index in [2.05, 4.69) is 4.98 Å². The van der Waals surface area contributed by atoms with Crippen LogP contribution in [-0.2, 0) is 16.4 Å². The molecule has 5 nitrogen and oxygen atoms in total. The van der Waals surface area contributed by atoms with Crippen LogP contribution in [0.5, 0.6) is 0 Å². The Balaban J connectivity index is 2.26. The van der Waals surface area contributed by atoms with Crippen LogP contribution in [0.3, 0.4) is 0 Å². The van der Waals surface area contributed by atoms with Gasteiger partial charge in [0.05, 0.1) is 11.0 Å². The van der Waals surface area contributed by atoms with E-state index in [-0.39, 0.29) is 0 Å². The van der Waals surface area contributed by atoms with Gasteiger partial charge in [-0.3, -0.25) is 4.98 Å². The Labute approximate surface area is 131 Å². The van der Waals surface area contributed by atoms with Gasteiger partial charge in [-0.15, -0.1) is 0 Å². The maximum Gasteiger partial charge on any atom is 0.271 e. The molecule has 3 aromatic rings. The molecule has 8 heteroatoms. The van der Waals surface area contributed by atoms with Gasteiger partial charge in [-0.1, -0.05) is 0 Å². The van der Waals surface area contributed by atoms with Crippen LogP contribution in [0.1, 0.15) is 5.56 Å². The summed E-state index contributed by atoms with van der Waals surface area (Å²) in [6, 6.07) is 5.51. The summed E-state index contributed by atoms with van der Waals surface area (Å²) in [5.41, 5.74) is 6.99. The lowest BCUT2D eigenvalue weighted by atomic mass is 10.2. The smallest absolute Gasteiger partial charge is 0.271 e. The lowest BCUT2D eigenvalue weighted by molar-refractivity contribution is 0.546. The van der Waals surface area contributed by atoms with Crippen molar-refractivity contribution in [3.63, 3.8) is 0 Å². The standard InChI is InChI=1S/C15H13F2N3O2S/c16-11-3-4-14(12(17)8-11)23(21,22)20-9-10(5-6-18)15-13(20)2-1-7-19-15/h1-4,7-9H,5-6,18H2. The molecular formula is C15H13F2N3O2S. The zero-order valence-electron chi connectivity index (χ0n) is 11.9. The molecule has 0 radical (unpaired) electrons. The molecule has 1 aromatic carbocycles. The van der Waals surface area contributed by atoms with Crippen molar-refractivity contribution < 1.29 is 17.2 Å². The first-order chi connectivity index (χ1) is 10.9. The van der Waals surface area contributed by atoms with Crippen LogP contribution in [-0.4, -0.2) is 23.9 Å². The quantitative estimate of drug-likeness (QED) is 0.790. The van der Waals surface area contributed by atoms with Gasteiger partial charge in [0.2, 0.25) is 0 Å². The van der Waals surface area contributed by atoms with E-state index in [9.17, 15) is 17.2 Å². The molecule has 0 aliphatic carbocycles. The fraction of sp³-hybridized carbons (Fsp3) is 0.133. The van der Waals surface area contributed by atoms with Gasteiger partial charge in [-0.2, -0.15) is 0 Å². The van der Waals surface area contributed by atoms with E-state index in [4.69, 9.17) is 5.73 Å². The Morgan fingerprint density at radius 2 is 2.00 bits per heavy atom. The zero-order chi connectivity index (χ0) is 16.6. The summed E-state index contributed by atoms with van der Waals surface area (Å²) in [6.07, 6.45) is 3.35. The Morgan fingerprint density at radius 1 is 1.22 bits per heavy atom. The van der Waals surface area contributed by atoms with Crippen molar-refractivity contribution in [1.82, 2.24) is 8.96 Å². The van der Waals surface area contributed by atoms with E-state index in [1.165, 1.54) is 12.4 Å². The molecule has 0 amide bonds. The maximum atomic E-state index is 13.9. The highest BCUT2D eigenvalue weighted by molar-refractivity contribution is 7.90. The number of hydrogen-bond acceptors (Lipinski definition) is 4. The van der Waals surface area contributed by atoms with E-state index in [1.54, 1.807) is 12.1 Å². The number of nitrogens with two attached hydrogens (primary N) is 1. The Kier molecular flexibility index (Phi) is 3.87. The molecule has 0 aliphatic heterocycles. The second kappa shape index (κ2) is 5.71. The monoisotopic (exact) mass is 337 g/mol. The van der Waals surface area contributed by atoms with Crippen LogP contribution in [0, 0.1) is 11.6 Å². The van der Waals surface area contributed by atoms with E-state index in [0.717, 1.165) is 16.1 Å². The van der Waals surface area contributed by atoms with E-state index in [1.807, 2.05) is 0 Å². The normalized spacial score (nSPS) is 12.0. The molecule has 0 saturated carbocycles. The highest BCUT2D eigenvalue weighted by atomic mass is 32.2. The topological polar surface area (TPSA) is 78.0 Å². The molecule has 0 aliphatic rings. The first-order valence-electron chi connectivity index (χ1n) is 6.81. The van der Waals surface area contributed by atoms with Crippen molar-refractivity contribution in [3.05, 3.63) is 59.9 Å². The second-order valence-corrected chi connectivity index (χ2v) is 6.72. The van der Waals surface area contributed by atoms with Crippen molar-refractivity contribution in [2.24, 2.45) is 5.73 Å². The maximum absolute atomic E-state index is 13.9. The number of rotatable bonds is 4. The molecule has 0 atom stereocenters. The Bertz CT molecular complexity index is 984. The summed E-state index contributed by atoms with van der Waals surface area (Å²) >= 11 is 0. The molecule has 0 saturated heterocycles. The summed E-state index contributed by atoms with van der Waals surface area (Å²) in [6.45, 7) is 0.320. The van der Waals surface area contributed by atoms with Crippen LogP contribution in [0.15, 0.2) is 47.6 Å². The summed E-state index contributed by atoms with van der Waals surface area (Å²) in [5.74, 6) is -1.99. The van der Waals surface area contributed by atoms with E-state index in [0.29, 0.717) is 35.6 Å². The number of hydrogen-bond donors (Lipinski definition) is 1. The third kappa shape index (κ3) is 2.60. The number of fused-ring (bicyclic) bond motifs is 1. The minimum Gasteiger partial charge on any atom is -0.330 e. The average molecular weight is 337 g/mol. The van der Waals surface area contributed by atoms with Gasteiger partial charge in [0.1, 0.15) is 16.5 Å². The van der Waals surface area contributed by atoms with Crippen LogP contribution in [0.4, 0.5) is 8.78 Å². The van der Waals surface area contributed by atoms with Gasteiger partial charge < -0.3 is 5.73 Å². The third-order valence-electron chi connectivity index (χ3n) is 3.45. The van der Waals surface area contributed by atoms with Crippen LogP contribution in [0.25, 0.3) is 11.0 Å². The summed E-state index contributed by atoms with van der Waals surface area (Å²) in [7, 11) is -4.22. The van der Waals surface area contributed by atoms with Crippen molar-refractivity contribution in [2.45, 2.75) is 11.3 Å². The van der Waals surface area contributed by atoms with Crippen LogP contribution >= 0.6 is 0 Å². The predicted octanol–water partition coefficient (Wildman–Crippen LogP) is 2.05. The summed E-state index contributed by atoms with van der Waals surface area (Å²) in [4.78, 5) is 3.57. The van der Waals surface area contributed by atoms with Crippen molar-refractivity contribution in [2.75, 3.05) is 6.54 Å². The number of nitrogens with zero attached hydrogens (tertiary/aromatic N) is 2. The van der Waals surface area contributed by atoms with Crippen molar-refractivity contribution >= 4 is 21.1 Å². The minimum atomic E-state index is -4.22. The fourth-order valence-corrected chi connectivity index (χ4v) is 3.85. The van der Waals surface area contributed by atoms with Gasteiger partial charge in [0, 0.05) is 18.5 Å². The average Bonchev–Trinajstić information content (AvgIpc) is 2.87. The SMILES string of the molecule is NCCc1cn(S(=O)(=O)c2ccc(F)cc2F)c2cccnc12. The number of pyridine rings is 1. The number of aromatic nitrogens is 2. The first kappa shape index (κ1) is 15.6. The van der Waals surface area contributed by atoms with Gasteiger partial charge in [-0.05, 0) is 42.8 Å². The third-order valence-corrected chi connectivity index (χ3v) is 5.15. The molecule has 0 bridgehead atoms. The highest BCUT2D eigenvalue weighted by Gasteiger charge is 2.25. The summed E-state index contributed by atoms with van der Waals surface area (Å²) < 4.78 is 53.4. The van der Waals surface area contributed by atoms with Gasteiger partial charge in [0.25, 0.3) is 10.0 Å². The molecule has 0 spiro atoms.